The van der Waals surface area contributed by atoms with E-state index in [0.717, 1.165) is 5.56 Å². The molecule has 0 aliphatic heterocycles. The summed E-state index contributed by atoms with van der Waals surface area (Å²) in [4.78, 5) is 2.70. The van der Waals surface area contributed by atoms with Gasteiger partial charge in [-0.05, 0) is 18.0 Å². The van der Waals surface area contributed by atoms with Gasteiger partial charge in [-0.25, -0.2) is 0 Å². The Kier molecular flexibility index (Phi) is 3.97. The fourth-order valence-corrected chi connectivity index (χ4v) is 1.48. The molecule has 0 aromatic heterocycles. The van der Waals surface area contributed by atoms with Gasteiger partial charge in [0.25, 0.3) is 0 Å². The van der Waals surface area contributed by atoms with Crippen molar-refractivity contribution in [2.75, 3.05) is 13.7 Å². The van der Waals surface area contributed by atoms with E-state index in [2.05, 4.69) is 10.0 Å². The van der Waals surface area contributed by atoms with E-state index in [1.807, 2.05) is 19.1 Å². The third-order valence-electron chi connectivity index (χ3n) is 2.17. The molecular weight excluding hydrogens is 194 g/mol. The molecule has 0 aliphatic carbocycles. The molecule has 1 unspecified atom stereocenters. The molecule has 0 saturated carbocycles. The molecule has 0 fully saturated rings. The summed E-state index contributed by atoms with van der Waals surface area (Å²) in [6.45, 7) is 1.66. The summed E-state index contributed by atoms with van der Waals surface area (Å²) in [6.07, 6.45) is 0. The lowest BCUT2D eigenvalue weighted by Crippen LogP contribution is -2.03. The number of methoxy groups -OCH3 is 1. The first-order chi connectivity index (χ1) is 7.24. The second-order valence-electron chi connectivity index (χ2n) is 3.10. The predicted molar refractivity (Wildman–Crippen MR) is 56.7 cm³/mol. The Balaban J connectivity index is 3.21. The summed E-state index contributed by atoms with van der Waals surface area (Å²) >= 11 is 0. The number of ether oxygens (including phenoxy) is 1. The van der Waals surface area contributed by atoms with Gasteiger partial charge < -0.3 is 9.84 Å². The Morgan fingerprint density at radius 2 is 2.33 bits per heavy atom. The van der Waals surface area contributed by atoms with Crippen LogP contribution in [-0.4, -0.2) is 18.8 Å². The van der Waals surface area contributed by atoms with Gasteiger partial charge in [0.15, 0.2) is 0 Å². The quantitative estimate of drug-likeness (QED) is 0.467. The molecule has 1 aromatic carbocycles. The van der Waals surface area contributed by atoms with Gasteiger partial charge in [-0.1, -0.05) is 23.3 Å². The molecule has 5 nitrogen and oxygen atoms in total. The zero-order valence-corrected chi connectivity index (χ0v) is 8.71. The van der Waals surface area contributed by atoms with E-state index in [1.165, 1.54) is 0 Å². The minimum Gasteiger partial charge on any atom is -0.496 e. The van der Waals surface area contributed by atoms with Crippen LogP contribution in [0.3, 0.4) is 0 Å². The number of aliphatic hydroxyl groups is 1. The standard InChI is InChI=1S/C10H13N3O2/c1-7-4-3-5-8(10(7)15-2)9(6-14)12-13-11/h3-5,9,14H,6H2,1-2H3. The number of para-hydroxylation sites is 1. The van der Waals surface area contributed by atoms with Gasteiger partial charge >= 0.3 is 0 Å². The van der Waals surface area contributed by atoms with Crippen LogP contribution in [0.2, 0.25) is 0 Å². The van der Waals surface area contributed by atoms with Crippen LogP contribution in [0, 0.1) is 6.92 Å². The Hall–Kier alpha value is -1.71. The van der Waals surface area contributed by atoms with Crippen LogP contribution >= 0.6 is 0 Å². The molecule has 0 radical (unpaired) electrons. The molecular formula is C10H13N3O2. The van der Waals surface area contributed by atoms with Crippen LogP contribution in [0.5, 0.6) is 5.75 Å². The lowest BCUT2D eigenvalue weighted by molar-refractivity contribution is 0.264. The predicted octanol–water partition coefficient (Wildman–Crippen LogP) is 2.35. The van der Waals surface area contributed by atoms with Gasteiger partial charge in [0.05, 0.1) is 19.8 Å². The number of rotatable bonds is 4. The van der Waals surface area contributed by atoms with Crippen LogP contribution in [-0.2, 0) is 0 Å². The molecule has 1 aromatic rings. The molecule has 0 spiro atoms. The monoisotopic (exact) mass is 207 g/mol. The van der Waals surface area contributed by atoms with E-state index in [0.29, 0.717) is 11.3 Å². The second-order valence-corrected chi connectivity index (χ2v) is 3.10. The zero-order valence-electron chi connectivity index (χ0n) is 8.71. The van der Waals surface area contributed by atoms with E-state index >= 15 is 0 Å². The van der Waals surface area contributed by atoms with Crippen LogP contribution < -0.4 is 4.74 Å². The molecule has 0 heterocycles. The van der Waals surface area contributed by atoms with Crippen molar-refractivity contribution < 1.29 is 9.84 Å². The molecule has 0 saturated heterocycles. The van der Waals surface area contributed by atoms with Gasteiger partial charge in [-0.15, -0.1) is 0 Å². The highest BCUT2D eigenvalue weighted by Crippen LogP contribution is 2.30. The molecule has 1 N–H and O–H groups in total. The maximum Gasteiger partial charge on any atom is 0.125 e. The molecule has 5 heteroatoms. The molecule has 1 atom stereocenters. The van der Waals surface area contributed by atoms with Crippen molar-refractivity contribution in [2.45, 2.75) is 13.0 Å². The number of hydrogen-bond acceptors (Lipinski definition) is 3. The van der Waals surface area contributed by atoms with Crippen molar-refractivity contribution in [3.05, 3.63) is 39.8 Å². The van der Waals surface area contributed by atoms with Gasteiger partial charge in [-0.3, -0.25) is 0 Å². The Bertz CT molecular complexity index is 386. The number of hydrogen-bond donors (Lipinski definition) is 1. The Morgan fingerprint density at radius 1 is 1.60 bits per heavy atom. The lowest BCUT2D eigenvalue weighted by Gasteiger charge is -2.14. The van der Waals surface area contributed by atoms with E-state index < -0.39 is 6.04 Å². The summed E-state index contributed by atoms with van der Waals surface area (Å²) in [7, 11) is 1.55. The fraction of sp³-hybridized carbons (Fsp3) is 0.400. The highest BCUT2D eigenvalue weighted by Gasteiger charge is 2.14. The van der Waals surface area contributed by atoms with Crippen LogP contribution in [0.4, 0.5) is 0 Å². The largest absolute Gasteiger partial charge is 0.496 e. The fourth-order valence-electron chi connectivity index (χ4n) is 1.48. The van der Waals surface area contributed by atoms with Gasteiger partial charge in [0.2, 0.25) is 0 Å². The van der Waals surface area contributed by atoms with Crippen LogP contribution in [0.25, 0.3) is 10.4 Å². The third-order valence-corrected chi connectivity index (χ3v) is 2.17. The van der Waals surface area contributed by atoms with Crippen molar-refractivity contribution in [3.8, 4) is 5.75 Å². The smallest absolute Gasteiger partial charge is 0.125 e. The number of aliphatic hydroxyl groups excluding tert-OH is 1. The Labute approximate surface area is 87.9 Å². The molecule has 80 valence electrons. The first-order valence-corrected chi connectivity index (χ1v) is 4.53. The summed E-state index contributed by atoms with van der Waals surface area (Å²) in [5, 5.41) is 12.6. The number of azide groups is 1. The number of nitrogens with zero attached hydrogens (tertiary/aromatic N) is 3. The van der Waals surface area contributed by atoms with Crippen LogP contribution in [0.15, 0.2) is 23.3 Å². The second kappa shape index (κ2) is 5.24. The van der Waals surface area contributed by atoms with Crippen molar-refractivity contribution in [3.63, 3.8) is 0 Å². The summed E-state index contributed by atoms with van der Waals surface area (Å²) in [6, 6.07) is 4.92. The highest BCUT2D eigenvalue weighted by molar-refractivity contribution is 5.42. The minimum absolute atomic E-state index is 0.232. The molecule has 0 aliphatic rings. The average Bonchev–Trinajstić information content (AvgIpc) is 2.25. The van der Waals surface area contributed by atoms with Crippen molar-refractivity contribution >= 4 is 0 Å². The highest BCUT2D eigenvalue weighted by atomic mass is 16.5. The van der Waals surface area contributed by atoms with Gasteiger partial charge in [-0.2, -0.15) is 0 Å². The zero-order chi connectivity index (χ0) is 11.3. The molecule has 0 amide bonds. The van der Waals surface area contributed by atoms with Gasteiger partial charge in [0.1, 0.15) is 5.75 Å². The molecule has 15 heavy (non-hydrogen) atoms. The topological polar surface area (TPSA) is 78.2 Å². The SMILES string of the molecule is COc1c(C)cccc1C(CO)N=[N+]=[N-]. The van der Waals surface area contributed by atoms with E-state index in [9.17, 15) is 0 Å². The average molecular weight is 207 g/mol. The first-order valence-electron chi connectivity index (χ1n) is 4.53. The van der Waals surface area contributed by atoms with Gasteiger partial charge in [0, 0.05) is 10.5 Å². The van der Waals surface area contributed by atoms with Crippen molar-refractivity contribution in [1.29, 1.82) is 0 Å². The third kappa shape index (κ3) is 2.40. The minimum atomic E-state index is -0.593. The first kappa shape index (κ1) is 11.4. The molecule has 1 rings (SSSR count). The normalized spacial score (nSPS) is 11.7. The van der Waals surface area contributed by atoms with E-state index in [-0.39, 0.29) is 6.61 Å². The number of aryl methyl sites for hydroxylation is 1. The maximum absolute atomic E-state index is 9.10. The van der Waals surface area contributed by atoms with E-state index in [1.54, 1.807) is 13.2 Å². The summed E-state index contributed by atoms with van der Waals surface area (Å²) in [5.74, 6) is 0.656. The maximum atomic E-state index is 9.10. The summed E-state index contributed by atoms with van der Waals surface area (Å²) < 4.78 is 5.21. The van der Waals surface area contributed by atoms with Crippen molar-refractivity contribution in [1.82, 2.24) is 0 Å². The lowest BCUT2D eigenvalue weighted by atomic mass is 10.0. The van der Waals surface area contributed by atoms with E-state index in [4.69, 9.17) is 15.4 Å². The number of benzene rings is 1. The van der Waals surface area contributed by atoms with Crippen molar-refractivity contribution in [2.24, 2.45) is 5.11 Å². The van der Waals surface area contributed by atoms with Crippen LogP contribution in [0.1, 0.15) is 17.2 Å². The summed E-state index contributed by atoms with van der Waals surface area (Å²) in [5.41, 5.74) is 10.0. The molecule has 0 bridgehead atoms. The Morgan fingerprint density at radius 3 is 2.87 bits per heavy atom.